The minimum Gasteiger partial charge on any atom is -0.395 e. The summed E-state index contributed by atoms with van der Waals surface area (Å²) in [5.41, 5.74) is 0. The van der Waals surface area contributed by atoms with Crippen molar-refractivity contribution >= 4 is 12.4 Å². The molecule has 0 radical (unpaired) electrons. The number of rotatable bonds is 14. The van der Waals surface area contributed by atoms with Gasteiger partial charge in [0.15, 0.2) is 0 Å². The van der Waals surface area contributed by atoms with E-state index in [0.717, 1.165) is 12.8 Å². The lowest BCUT2D eigenvalue weighted by Crippen LogP contribution is -2.44. The molecule has 0 amide bonds. The van der Waals surface area contributed by atoms with Gasteiger partial charge in [-0.3, -0.25) is 0 Å². The highest BCUT2D eigenvalue weighted by Gasteiger charge is 2.43. The van der Waals surface area contributed by atoms with Gasteiger partial charge in [0.25, 0.3) is 0 Å². The van der Waals surface area contributed by atoms with Crippen LogP contribution >= 0.6 is 12.4 Å². The third kappa shape index (κ3) is 9.55. The monoisotopic (exact) mass is 381 g/mol. The van der Waals surface area contributed by atoms with E-state index in [9.17, 15) is 15.3 Å². The summed E-state index contributed by atoms with van der Waals surface area (Å²) in [4.78, 5) is 0. The largest absolute Gasteiger partial charge is 0.395 e. The van der Waals surface area contributed by atoms with Gasteiger partial charge in [-0.15, -0.1) is 12.4 Å². The normalized spacial score (nSPS) is 27.2. The second-order valence-corrected chi connectivity index (χ2v) is 7.35. The van der Waals surface area contributed by atoms with Gasteiger partial charge in [-0.2, -0.15) is 0 Å². The summed E-state index contributed by atoms with van der Waals surface area (Å²) in [6.07, 6.45) is 11.8. The summed E-state index contributed by atoms with van der Waals surface area (Å²) in [6.45, 7) is 2.01. The molecule has 1 fully saturated rings. The predicted molar refractivity (Wildman–Crippen MR) is 104 cm³/mol. The highest BCUT2D eigenvalue weighted by atomic mass is 35.5. The maximum absolute atomic E-state index is 10.2. The van der Waals surface area contributed by atoms with Crippen molar-refractivity contribution in [3.63, 3.8) is 0 Å². The molecule has 0 aromatic carbocycles. The molecule has 0 bridgehead atoms. The highest BCUT2D eigenvalue weighted by molar-refractivity contribution is 5.85. The van der Waals surface area contributed by atoms with Crippen LogP contribution in [-0.4, -0.2) is 57.4 Å². The zero-order chi connectivity index (χ0) is 17.8. The zero-order valence-corrected chi connectivity index (χ0v) is 16.6. The van der Waals surface area contributed by atoms with Gasteiger partial charge in [0.2, 0.25) is 0 Å². The summed E-state index contributed by atoms with van der Waals surface area (Å²) in [5, 5.41) is 41.9. The topological polar surface area (TPSA) is 93.0 Å². The predicted octanol–water partition coefficient (Wildman–Crippen LogP) is 2.52. The summed E-state index contributed by atoms with van der Waals surface area (Å²) >= 11 is 0. The summed E-state index contributed by atoms with van der Waals surface area (Å²) in [7, 11) is 0. The van der Waals surface area contributed by atoms with E-state index in [-0.39, 0.29) is 19.0 Å². The number of hydrogen-bond acceptors (Lipinski definition) is 5. The van der Waals surface area contributed by atoms with E-state index in [4.69, 9.17) is 5.11 Å². The smallest absolute Gasteiger partial charge is 0.0993 e. The van der Waals surface area contributed by atoms with E-state index in [2.05, 4.69) is 12.2 Å². The van der Waals surface area contributed by atoms with Crippen LogP contribution < -0.4 is 5.32 Å². The fourth-order valence-electron chi connectivity index (χ4n) is 3.59. The van der Waals surface area contributed by atoms with E-state index >= 15 is 0 Å². The molecule has 0 unspecified atom stereocenters. The molecule has 5 atom stereocenters. The first-order valence-corrected chi connectivity index (χ1v) is 10.0. The molecule has 0 spiro atoms. The lowest BCUT2D eigenvalue weighted by Gasteiger charge is -2.22. The van der Waals surface area contributed by atoms with Crippen molar-refractivity contribution in [2.45, 2.75) is 114 Å². The van der Waals surface area contributed by atoms with Crippen LogP contribution in [0.2, 0.25) is 0 Å². The fourth-order valence-corrected chi connectivity index (χ4v) is 3.59. The van der Waals surface area contributed by atoms with Crippen molar-refractivity contribution in [1.29, 1.82) is 0 Å². The number of aliphatic hydroxyl groups is 4. The Bertz CT molecular complexity index is 309. The molecule has 0 aliphatic carbocycles. The standard InChI is InChI=1S/C19H39NO4.ClH/c1-2-3-4-5-6-7-8-9-10-11-12-13-16(22)17-19(24)18(23)15(14-21)20-17;/h15-24H,2-14H2,1H3;1H/t15-,16-,17-,18-,19-;/m1./s1. The Labute approximate surface area is 159 Å². The summed E-state index contributed by atoms with van der Waals surface area (Å²) in [6, 6.07) is -1.09. The molecule has 1 heterocycles. The van der Waals surface area contributed by atoms with Crippen LogP contribution in [0.5, 0.6) is 0 Å². The van der Waals surface area contributed by atoms with E-state index in [1.54, 1.807) is 0 Å². The maximum Gasteiger partial charge on any atom is 0.0993 e. The molecule has 1 rings (SSSR count). The lowest BCUT2D eigenvalue weighted by molar-refractivity contribution is -0.00443. The molecule has 0 aromatic rings. The molecular formula is C19H40ClNO4. The molecule has 152 valence electrons. The number of hydrogen-bond donors (Lipinski definition) is 5. The van der Waals surface area contributed by atoms with Gasteiger partial charge in [-0.25, -0.2) is 0 Å². The molecule has 1 aliphatic heterocycles. The molecule has 25 heavy (non-hydrogen) atoms. The molecule has 1 saturated heterocycles. The Kier molecular flexibility index (Phi) is 15.2. The second-order valence-electron chi connectivity index (χ2n) is 7.35. The van der Waals surface area contributed by atoms with Gasteiger partial charge >= 0.3 is 0 Å². The molecule has 5 nitrogen and oxygen atoms in total. The van der Waals surface area contributed by atoms with Crippen molar-refractivity contribution in [3.8, 4) is 0 Å². The quantitative estimate of drug-likeness (QED) is 0.298. The number of nitrogens with one attached hydrogen (secondary N) is 1. The molecule has 0 aromatic heterocycles. The van der Waals surface area contributed by atoms with Crippen LogP contribution in [0.15, 0.2) is 0 Å². The minimum absolute atomic E-state index is 0. The van der Waals surface area contributed by atoms with Crippen LogP contribution in [0, 0.1) is 0 Å². The van der Waals surface area contributed by atoms with E-state index in [1.165, 1.54) is 57.8 Å². The maximum atomic E-state index is 10.2. The van der Waals surface area contributed by atoms with Crippen LogP contribution in [-0.2, 0) is 0 Å². The fraction of sp³-hybridized carbons (Fsp3) is 1.00. The molecule has 5 N–H and O–H groups in total. The Morgan fingerprint density at radius 1 is 0.800 bits per heavy atom. The van der Waals surface area contributed by atoms with Gasteiger partial charge in [0.05, 0.1) is 37.0 Å². The Morgan fingerprint density at radius 3 is 1.72 bits per heavy atom. The third-order valence-electron chi connectivity index (χ3n) is 5.25. The average molecular weight is 382 g/mol. The Morgan fingerprint density at radius 2 is 1.28 bits per heavy atom. The minimum atomic E-state index is -1.01. The lowest BCUT2D eigenvalue weighted by atomic mass is 9.98. The molecule has 6 heteroatoms. The first-order chi connectivity index (χ1) is 11.6. The summed E-state index contributed by atoms with van der Waals surface area (Å²) < 4.78 is 0. The molecular weight excluding hydrogens is 342 g/mol. The first kappa shape index (κ1) is 25.1. The SMILES string of the molecule is CCCCCCCCCCCCC[C@@H](O)[C@H]1N[C@H](CO)[C@@H](O)[C@@H]1O.Cl. The Hall–Kier alpha value is 0.0900. The van der Waals surface area contributed by atoms with Gasteiger partial charge < -0.3 is 25.7 Å². The van der Waals surface area contributed by atoms with Crippen LogP contribution in [0.25, 0.3) is 0 Å². The molecule has 0 saturated carbocycles. The van der Waals surface area contributed by atoms with Crippen molar-refractivity contribution < 1.29 is 20.4 Å². The second kappa shape index (κ2) is 15.2. The van der Waals surface area contributed by atoms with Gasteiger partial charge in [0, 0.05) is 0 Å². The van der Waals surface area contributed by atoms with E-state index < -0.39 is 30.4 Å². The Balaban J connectivity index is 0.00000576. The number of halogens is 1. The van der Waals surface area contributed by atoms with Crippen LogP contribution in [0.1, 0.15) is 84.0 Å². The number of aliphatic hydroxyl groups excluding tert-OH is 4. The van der Waals surface area contributed by atoms with E-state index in [0.29, 0.717) is 6.42 Å². The van der Waals surface area contributed by atoms with Crippen molar-refractivity contribution in [2.24, 2.45) is 0 Å². The third-order valence-corrected chi connectivity index (χ3v) is 5.25. The zero-order valence-electron chi connectivity index (χ0n) is 15.8. The van der Waals surface area contributed by atoms with Gasteiger partial charge in [0.1, 0.15) is 0 Å². The summed E-state index contributed by atoms with van der Waals surface area (Å²) in [5.74, 6) is 0. The average Bonchev–Trinajstić information content (AvgIpc) is 2.87. The van der Waals surface area contributed by atoms with Crippen molar-refractivity contribution in [1.82, 2.24) is 5.32 Å². The van der Waals surface area contributed by atoms with Gasteiger partial charge in [-0.05, 0) is 6.42 Å². The molecule has 1 aliphatic rings. The number of unbranched alkanes of at least 4 members (excludes halogenated alkanes) is 10. The van der Waals surface area contributed by atoms with Crippen molar-refractivity contribution in [3.05, 3.63) is 0 Å². The van der Waals surface area contributed by atoms with Gasteiger partial charge in [-0.1, -0.05) is 77.6 Å². The highest BCUT2D eigenvalue weighted by Crippen LogP contribution is 2.20. The first-order valence-electron chi connectivity index (χ1n) is 10.0. The van der Waals surface area contributed by atoms with Crippen LogP contribution in [0.4, 0.5) is 0 Å². The van der Waals surface area contributed by atoms with Crippen LogP contribution in [0.3, 0.4) is 0 Å². The van der Waals surface area contributed by atoms with E-state index in [1.807, 2.05) is 0 Å². The van der Waals surface area contributed by atoms with Crippen molar-refractivity contribution in [2.75, 3.05) is 6.61 Å².